The number of amides is 2. The second kappa shape index (κ2) is 4.42. The second-order valence-corrected chi connectivity index (χ2v) is 5.14. The summed E-state index contributed by atoms with van der Waals surface area (Å²) >= 11 is 0. The number of nitrogens with zero attached hydrogens (tertiary/aromatic N) is 2. The second-order valence-electron chi connectivity index (χ2n) is 5.14. The zero-order chi connectivity index (χ0) is 10.8. The quantitative estimate of drug-likeness (QED) is 0.602. The number of rotatable bonds is 0. The molecular weight excluding hydrogens is 188 g/mol. The first-order valence-corrected chi connectivity index (χ1v) is 6.24. The van der Waals surface area contributed by atoms with E-state index in [0.717, 1.165) is 25.6 Å². The predicted octanol–water partition coefficient (Wildman–Crippen LogP) is 2.32. The SMILES string of the molecule is CC1CCN(C(=O)N2CCCC2C)CC1. The molecule has 15 heavy (non-hydrogen) atoms. The molecule has 2 fully saturated rings. The largest absolute Gasteiger partial charge is 0.325 e. The van der Waals surface area contributed by atoms with Gasteiger partial charge >= 0.3 is 6.03 Å². The highest BCUT2D eigenvalue weighted by molar-refractivity contribution is 5.75. The third-order valence-electron chi connectivity index (χ3n) is 3.85. The zero-order valence-corrected chi connectivity index (χ0v) is 9.91. The molecular formula is C12H22N2O. The Kier molecular flexibility index (Phi) is 3.17. The van der Waals surface area contributed by atoms with Crippen molar-refractivity contribution in [3.63, 3.8) is 0 Å². The molecule has 2 aliphatic heterocycles. The third-order valence-corrected chi connectivity index (χ3v) is 3.85. The molecule has 1 unspecified atom stereocenters. The molecule has 2 saturated heterocycles. The Balaban J connectivity index is 1.90. The van der Waals surface area contributed by atoms with Crippen molar-refractivity contribution in [2.45, 2.75) is 45.6 Å². The van der Waals surface area contributed by atoms with E-state index >= 15 is 0 Å². The minimum Gasteiger partial charge on any atom is -0.325 e. The molecule has 1 atom stereocenters. The molecule has 0 aromatic carbocycles. The maximum atomic E-state index is 12.2. The average molecular weight is 210 g/mol. The minimum atomic E-state index is 0.284. The molecule has 3 heteroatoms. The van der Waals surface area contributed by atoms with Crippen molar-refractivity contribution >= 4 is 6.03 Å². The van der Waals surface area contributed by atoms with Crippen LogP contribution < -0.4 is 0 Å². The Morgan fingerprint density at radius 1 is 1.07 bits per heavy atom. The molecule has 0 N–H and O–H groups in total. The lowest BCUT2D eigenvalue weighted by Crippen LogP contribution is -2.47. The molecule has 86 valence electrons. The summed E-state index contributed by atoms with van der Waals surface area (Å²) in [5.74, 6) is 0.796. The van der Waals surface area contributed by atoms with E-state index in [9.17, 15) is 4.79 Å². The normalized spacial score (nSPS) is 28.5. The summed E-state index contributed by atoms with van der Waals surface area (Å²) in [5.41, 5.74) is 0. The summed E-state index contributed by atoms with van der Waals surface area (Å²) in [6, 6.07) is 0.740. The Morgan fingerprint density at radius 2 is 1.73 bits per heavy atom. The van der Waals surface area contributed by atoms with Crippen LogP contribution in [-0.4, -0.2) is 41.5 Å². The topological polar surface area (TPSA) is 23.6 Å². The first-order valence-electron chi connectivity index (χ1n) is 6.24. The van der Waals surface area contributed by atoms with E-state index in [2.05, 4.69) is 18.7 Å². The lowest BCUT2D eigenvalue weighted by Gasteiger charge is -2.34. The fourth-order valence-corrected chi connectivity index (χ4v) is 2.60. The van der Waals surface area contributed by atoms with Crippen molar-refractivity contribution in [1.82, 2.24) is 9.80 Å². The number of urea groups is 1. The van der Waals surface area contributed by atoms with Crippen molar-refractivity contribution in [2.75, 3.05) is 19.6 Å². The lowest BCUT2D eigenvalue weighted by atomic mass is 9.99. The summed E-state index contributed by atoms with van der Waals surface area (Å²) in [6.07, 6.45) is 4.70. The van der Waals surface area contributed by atoms with Crippen LogP contribution in [0.1, 0.15) is 39.5 Å². The summed E-state index contributed by atoms with van der Waals surface area (Å²) < 4.78 is 0. The average Bonchev–Trinajstić information content (AvgIpc) is 2.65. The van der Waals surface area contributed by atoms with E-state index in [1.165, 1.54) is 25.7 Å². The molecule has 2 rings (SSSR count). The smallest absolute Gasteiger partial charge is 0.320 e. The standard InChI is InChI=1S/C12H22N2O/c1-10-5-8-13(9-6-10)12(15)14-7-3-4-11(14)2/h10-11H,3-9H2,1-2H3. The fraction of sp³-hybridized carbons (Fsp3) is 0.917. The molecule has 0 spiro atoms. The van der Waals surface area contributed by atoms with E-state index in [-0.39, 0.29) is 6.03 Å². The maximum absolute atomic E-state index is 12.2. The van der Waals surface area contributed by atoms with E-state index < -0.39 is 0 Å². The van der Waals surface area contributed by atoms with Crippen LogP contribution in [0.2, 0.25) is 0 Å². The van der Waals surface area contributed by atoms with Crippen LogP contribution in [0.25, 0.3) is 0 Å². The van der Waals surface area contributed by atoms with E-state index in [1.807, 2.05) is 4.90 Å². The van der Waals surface area contributed by atoms with Gasteiger partial charge in [-0.15, -0.1) is 0 Å². The Labute approximate surface area is 92.4 Å². The highest BCUT2D eigenvalue weighted by Crippen LogP contribution is 2.22. The van der Waals surface area contributed by atoms with Crippen LogP contribution in [0.3, 0.4) is 0 Å². The molecule has 3 nitrogen and oxygen atoms in total. The third kappa shape index (κ3) is 2.27. The summed E-state index contributed by atoms with van der Waals surface area (Å²) in [7, 11) is 0. The van der Waals surface area contributed by atoms with Gasteiger partial charge in [0.2, 0.25) is 0 Å². The van der Waals surface area contributed by atoms with Gasteiger partial charge in [-0.1, -0.05) is 6.92 Å². The summed E-state index contributed by atoms with van der Waals surface area (Å²) in [4.78, 5) is 16.3. The molecule has 0 aromatic rings. The van der Waals surface area contributed by atoms with Gasteiger partial charge in [-0.3, -0.25) is 0 Å². The van der Waals surface area contributed by atoms with Crippen LogP contribution in [0.5, 0.6) is 0 Å². The van der Waals surface area contributed by atoms with E-state index in [1.54, 1.807) is 0 Å². The van der Waals surface area contributed by atoms with Gasteiger partial charge in [0.05, 0.1) is 0 Å². The summed E-state index contributed by atoms with van der Waals surface area (Å²) in [6.45, 7) is 7.33. The first kappa shape index (κ1) is 10.8. The highest BCUT2D eigenvalue weighted by atomic mass is 16.2. The number of hydrogen-bond acceptors (Lipinski definition) is 1. The van der Waals surface area contributed by atoms with Crippen molar-refractivity contribution in [1.29, 1.82) is 0 Å². The van der Waals surface area contributed by atoms with E-state index in [4.69, 9.17) is 0 Å². The van der Waals surface area contributed by atoms with Crippen molar-refractivity contribution in [3.05, 3.63) is 0 Å². The van der Waals surface area contributed by atoms with Crippen LogP contribution in [0.4, 0.5) is 4.79 Å². The fourth-order valence-electron chi connectivity index (χ4n) is 2.60. The summed E-state index contributed by atoms with van der Waals surface area (Å²) in [5, 5.41) is 0. The first-order chi connectivity index (χ1) is 7.18. The monoisotopic (exact) mass is 210 g/mol. The van der Waals surface area contributed by atoms with Gasteiger partial charge in [0.25, 0.3) is 0 Å². The van der Waals surface area contributed by atoms with Crippen molar-refractivity contribution < 1.29 is 4.79 Å². The number of piperidine rings is 1. The Morgan fingerprint density at radius 3 is 2.27 bits per heavy atom. The predicted molar refractivity (Wildman–Crippen MR) is 60.8 cm³/mol. The molecule has 2 amide bonds. The van der Waals surface area contributed by atoms with Crippen molar-refractivity contribution in [3.8, 4) is 0 Å². The lowest BCUT2D eigenvalue weighted by molar-refractivity contribution is 0.133. The molecule has 2 aliphatic rings. The maximum Gasteiger partial charge on any atom is 0.320 e. The van der Waals surface area contributed by atoms with Gasteiger partial charge < -0.3 is 9.80 Å². The van der Waals surface area contributed by atoms with Crippen LogP contribution >= 0.6 is 0 Å². The van der Waals surface area contributed by atoms with Crippen LogP contribution in [0.15, 0.2) is 0 Å². The molecule has 0 aromatic heterocycles. The molecule has 0 bridgehead atoms. The Hall–Kier alpha value is -0.730. The zero-order valence-electron chi connectivity index (χ0n) is 9.91. The number of carbonyl (C=O) groups is 1. The van der Waals surface area contributed by atoms with Crippen molar-refractivity contribution in [2.24, 2.45) is 5.92 Å². The molecule has 0 aliphatic carbocycles. The van der Waals surface area contributed by atoms with Gasteiger partial charge in [0.1, 0.15) is 0 Å². The van der Waals surface area contributed by atoms with Gasteiger partial charge in [0, 0.05) is 25.7 Å². The molecule has 0 saturated carbocycles. The van der Waals surface area contributed by atoms with Crippen LogP contribution in [0, 0.1) is 5.92 Å². The van der Waals surface area contributed by atoms with E-state index in [0.29, 0.717) is 6.04 Å². The van der Waals surface area contributed by atoms with Gasteiger partial charge in [-0.25, -0.2) is 4.79 Å². The number of likely N-dealkylation sites (tertiary alicyclic amines) is 2. The number of carbonyl (C=O) groups excluding carboxylic acids is 1. The molecule has 2 heterocycles. The minimum absolute atomic E-state index is 0.284. The highest BCUT2D eigenvalue weighted by Gasteiger charge is 2.30. The Bertz CT molecular complexity index is 234. The van der Waals surface area contributed by atoms with Crippen LogP contribution in [-0.2, 0) is 0 Å². The van der Waals surface area contributed by atoms with Gasteiger partial charge in [-0.05, 0) is 38.5 Å². The molecule has 0 radical (unpaired) electrons. The van der Waals surface area contributed by atoms with Gasteiger partial charge in [-0.2, -0.15) is 0 Å². The van der Waals surface area contributed by atoms with Gasteiger partial charge in [0.15, 0.2) is 0 Å². The number of hydrogen-bond donors (Lipinski definition) is 0.